The molecule has 1 aromatic carbocycles. The Balaban J connectivity index is 1.48. The molecule has 0 aliphatic heterocycles. The Labute approximate surface area is 152 Å². The van der Waals surface area contributed by atoms with E-state index in [1.807, 2.05) is 35.0 Å². The van der Waals surface area contributed by atoms with Gasteiger partial charge in [-0.05, 0) is 36.8 Å². The van der Waals surface area contributed by atoms with E-state index in [2.05, 4.69) is 15.6 Å². The minimum atomic E-state index is -0.734. The van der Waals surface area contributed by atoms with Gasteiger partial charge in [0.15, 0.2) is 0 Å². The zero-order valence-electron chi connectivity index (χ0n) is 14.6. The van der Waals surface area contributed by atoms with E-state index in [-0.39, 0.29) is 18.0 Å². The fourth-order valence-corrected chi connectivity index (χ4v) is 3.36. The van der Waals surface area contributed by atoms with E-state index in [0.29, 0.717) is 38.8 Å². The van der Waals surface area contributed by atoms with Crippen LogP contribution < -0.4 is 10.6 Å². The highest BCUT2D eigenvalue weighted by molar-refractivity contribution is 5.74. The molecule has 0 bridgehead atoms. The second kappa shape index (κ2) is 8.51. The Morgan fingerprint density at radius 3 is 2.54 bits per heavy atom. The number of amides is 2. The van der Waals surface area contributed by atoms with Crippen LogP contribution >= 0.6 is 0 Å². The number of carboxylic acid groups (broad SMARTS) is 1. The number of rotatable bonds is 6. The number of hydrogen-bond acceptors (Lipinski definition) is 3. The van der Waals surface area contributed by atoms with Crippen LogP contribution in [0.25, 0.3) is 0 Å². The normalized spacial score (nSPS) is 19.7. The first-order chi connectivity index (χ1) is 12.6. The van der Waals surface area contributed by atoms with Crippen molar-refractivity contribution in [3.8, 4) is 0 Å². The molecule has 3 N–H and O–H groups in total. The molecule has 1 fully saturated rings. The standard InChI is InChI=1S/C19H24N4O3/c24-18(25)14-5-7-17(8-6-14)22-19(26)21-11-15-3-1-2-4-16(15)12-23-10-9-20-13-23/h1-4,9-10,13-14,17H,5-8,11-12H2,(H,24,25)(H2,21,22,26). The van der Waals surface area contributed by atoms with E-state index in [1.165, 1.54) is 0 Å². The van der Waals surface area contributed by atoms with Crippen molar-refractivity contribution in [3.63, 3.8) is 0 Å². The lowest BCUT2D eigenvalue weighted by Gasteiger charge is -2.26. The number of carbonyl (C=O) groups is 2. The Hall–Kier alpha value is -2.83. The molecular weight excluding hydrogens is 332 g/mol. The van der Waals surface area contributed by atoms with Gasteiger partial charge in [0.2, 0.25) is 0 Å². The van der Waals surface area contributed by atoms with Crippen molar-refractivity contribution in [1.82, 2.24) is 20.2 Å². The monoisotopic (exact) mass is 356 g/mol. The smallest absolute Gasteiger partial charge is 0.315 e. The van der Waals surface area contributed by atoms with E-state index < -0.39 is 5.97 Å². The summed E-state index contributed by atoms with van der Waals surface area (Å²) in [4.78, 5) is 27.2. The van der Waals surface area contributed by atoms with Crippen LogP contribution in [-0.4, -0.2) is 32.7 Å². The van der Waals surface area contributed by atoms with Crippen molar-refractivity contribution in [2.24, 2.45) is 5.92 Å². The van der Waals surface area contributed by atoms with Gasteiger partial charge in [0.1, 0.15) is 0 Å². The van der Waals surface area contributed by atoms with Gasteiger partial charge < -0.3 is 20.3 Å². The molecule has 1 saturated carbocycles. The molecule has 1 aliphatic rings. The van der Waals surface area contributed by atoms with E-state index >= 15 is 0 Å². The molecule has 3 rings (SSSR count). The molecule has 0 unspecified atom stereocenters. The van der Waals surface area contributed by atoms with Crippen molar-refractivity contribution in [1.29, 1.82) is 0 Å². The van der Waals surface area contributed by atoms with Gasteiger partial charge >= 0.3 is 12.0 Å². The number of nitrogens with zero attached hydrogens (tertiary/aromatic N) is 2. The van der Waals surface area contributed by atoms with E-state index in [9.17, 15) is 9.59 Å². The van der Waals surface area contributed by atoms with Crippen molar-refractivity contribution in [3.05, 3.63) is 54.1 Å². The van der Waals surface area contributed by atoms with Crippen LogP contribution in [0, 0.1) is 5.92 Å². The molecule has 138 valence electrons. The lowest BCUT2D eigenvalue weighted by atomic mass is 9.86. The van der Waals surface area contributed by atoms with Gasteiger partial charge in [-0.15, -0.1) is 0 Å². The van der Waals surface area contributed by atoms with E-state index in [0.717, 1.165) is 11.1 Å². The number of benzene rings is 1. The van der Waals surface area contributed by atoms with Crippen LogP contribution in [-0.2, 0) is 17.9 Å². The van der Waals surface area contributed by atoms with Crippen LogP contribution in [0.1, 0.15) is 36.8 Å². The van der Waals surface area contributed by atoms with Crippen molar-refractivity contribution in [2.45, 2.75) is 44.8 Å². The highest BCUT2D eigenvalue weighted by Crippen LogP contribution is 2.24. The molecule has 0 saturated heterocycles. The molecule has 2 amide bonds. The zero-order chi connectivity index (χ0) is 18.4. The summed E-state index contributed by atoms with van der Waals surface area (Å²) < 4.78 is 1.99. The lowest BCUT2D eigenvalue weighted by molar-refractivity contribution is -0.142. The van der Waals surface area contributed by atoms with Crippen molar-refractivity contribution in [2.75, 3.05) is 0 Å². The first-order valence-corrected chi connectivity index (χ1v) is 8.91. The summed E-state index contributed by atoms with van der Waals surface area (Å²) in [5.74, 6) is -1.01. The molecule has 0 atom stereocenters. The van der Waals surface area contributed by atoms with Gasteiger partial charge in [0, 0.05) is 31.5 Å². The third-order valence-electron chi connectivity index (χ3n) is 4.88. The molecule has 1 aliphatic carbocycles. The molecule has 1 heterocycles. The molecule has 7 nitrogen and oxygen atoms in total. The number of aliphatic carboxylic acids is 1. The number of nitrogens with one attached hydrogen (secondary N) is 2. The molecule has 0 spiro atoms. The largest absolute Gasteiger partial charge is 0.481 e. The summed E-state index contributed by atoms with van der Waals surface area (Å²) in [7, 11) is 0. The predicted molar refractivity (Wildman–Crippen MR) is 96.5 cm³/mol. The fraction of sp³-hybridized carbons (Fsp3) is 0.421. The summed E-state index contributed by atoms with van der Waals surface area (Å²) in [6, 6.07) is 7.83. The van der Waals surface area contributed by atoms with Crippen LogP contribution in [0.15, 0.2) is 43.0 Å². The number of urea groups is 1. The first-order valence-electron chi connectivity index (χ1n) is 8.91. The molecule has 2 aromatic rings. The molecule has 1 aromatic heterocycles. The first kappa shape index (κ1) is 18.0. The second-order valence-corrected chi connectivity index (χ2v) is 6.72. The Morgan fingerprint density at radius 1 is 1.15 bits per heavy atom. The third-order valence-corrected chi connectivity index (χ3v) is 4.88. The van der Waals surface area contributed by atoms with E-state index in [1.54, 1.807) is 12.5 Å². The quantitative estimate of drug-likeness (QED) is 0.740. The lowest BCUT2D eigenvalue weighted by Crippen LogP contribution is -2.44. The Bertz CT molecular complexity index is 737. The fourth-order valence-electron chi connectivity index (χ4n) is 3.36. The van der Waals surface area contributed by atoms with Crippen LogP contribution in [0.2, 0.25) is 0 Å². The zero-order valence-corrected chi connectivity index (χ0v) is 14.6. The Kier molecular flexibility index (Phi) is 5.88. The minimum Gasteiger partial charge on any atom is -0.481 e. The van der Waals surface area contributed by atoms with Crippen molar-refractivity contribution < 1.29 is 14.7 Å². The van der Waals surface area contributed by atoms with Gasteiger partial charge in [-0.1, -0.05) is 24.3 Å². The van der Waals surface area contributed by atoms with Crippen LogP contribution in [0.5, 0.6) is 0 Å². The number of carboxylic acids is 1. The van der Waals surface area contributed by atoms with Crippen LogP contribution in [0.3, 0.4) is 0 Å². The number of imidazole rings is 1. The van der Waals surface area contributed by atoms with Gasteiger partial charge in [0.05, 0.1) is 12.2 Å². The summed E-state index contributed by atoms with van der Waals surface area (Å²) in [5, 5.41) is 14.9. The van der Waals surface area contributed by atoms with Gasteiger partial charge in [-0.25, -0.2) is 9.78 Å². The average molecular weight is 356 g/mol. The maximum atomic E-state index is 12.2. The predicted octanol–water partition coefficient (Wildman–Crippen LogP) is 2.37. The van der Waals surface area contributed by atoms with Gasteiger partial charge in [0.25, 0.3) is 0 Å². The molecule has 7 heteroatoms. The number of aromatic nitrogens is 2. The Morgan fingerprint density at radius 2 is 1.88 bits per heavy atom. The van der Waals surface area contributed by atoms with E-state index in [4.69, 9.17) is 5.11 Å². The highest BCUT2D eigenvalue weighted by Gasteiger charge is 2.26. The summed E-state index contributed by atoms with van der Waals surface area (Å²) >= 11 is 0. The van der Waals surface area contributed by atoms with Gasteiger partial charge in [-0.2, -0.15) is 0 Å². The highest BCUT2D eigenvalue weighted by atomic mass is 16.4. The third kappa shape index (κ3) is 4.84. The summed E-state index contributed by atoms with van der Waals surface area (Å²) in [6.45, 7) is 1.15. The minimum absolute atomic E-state index is 0.0480. The summed E-state index contributed by atoms with van der Waals surface area (Å²) in [6.07, 6.45) is 8.08. The molecule has 0 radical (unpaired) electrons. The summed E-state index contributed by atoms with van der Waals surface area (Å²) in [5.41, 5.74) is 2.19. The number of hydrogen-bond donors (Lipinski definition) is 3. The maximum absolute atomic E-state index is 12.2. The van der Waals surface area contributed by atoms with Gasteiger partial charge in [-0.3, -0.25) is 4.79 Å². The number of carbonyl (C=O) groups excluding carboxylic acids is 1. The average Bonchev–Trinajstić information content (AvgIpc) is 3.14. The molecule has 26 heavy (non-hydrogen) atoms. The second-order valence-electron chi connectivity index (χ2n) is 6.72. The maximum Gasteiger partial charge on any atom is 0.315 e. The SMILES string of the molecule is O=C(NCc1ccccc1Cn1ccnc1)NC1CCC(C(=O)O)CC1. The topological polar surface area (TPSA) is 96.3 Å². The van der Waals surface area contributed by atoms with Crippen molar-refractivity contribution >= 4 is 12.0 Å². The van der Waals surface area contributed by atoms with Crippen LogP contribution in [0.4, 0.5) is 4.79 Å². The molecular formula is C19H24N4O3.